The lowest BCUT2D eigenvalue weighted by Crippen LogP contribution is -2.16. The van der Waals surface area contributed by atoms with Crippen molar-refractivity contribution in [3.05, 3.63) is 40.6 Å². The molecule has 0 fully saturated rings. The number of H-pyrrole nitrogens is 1. The number of benzene rings is 1. The first-order chi connectivity index (χ1) is 7.77. The van der Waals surface area contributed by atoms with Crippen LogP contribution in [0.1, 0.15) is 5.56 Å². The van der Waals surface area contributed by atoms with E-state index in [0.717, 1.165) is 0 Å². The maximum absolute atomic E-state index is 11.4. The highest BCUT2D eigenvalue weighted by molar-refractivity contribution is 5.57. The fraction of sp³-hybridized carbons (Fsp3) is 0.100. The minimum atomic E-state index is -0.416. The molecule has 80 valence electrons. The molecular formula is C10H8N4O2. The van der Waals surface area contributed by atoms with E-state index < -0.39 is 5.69 Å². The number of hydrogen-bond acceptors (Lipinski definition) is 4. The van der Waals surface area contributed by atoms with Crippen LogP contribution >= 0.6 is 0 Å². The maximum Gasteiger partial charge on any atom is 0.347 e. The third-order valence-electron chi connectivity index (χ3n) is 2.13. The number of hydrogen-bond donors (Lipinski definition) is 1. The zero-order chi connectivity index (χ0) is 11.5. The van der Waals surface area contributed by atoms with Crippen LogP contribution in [0.25, 0.3) is 5.69 Å². The van der Waals surface area contributed by atoms with Crippen molar-refractivity contribution in [3.63, 3.8) is 0 Å². The third-order valence-corrected chi connectivity index (χ3v) is 2.13. The lowest BCUT2D eigenvalue weighted by molar-refractivity contribution is 0.412. The summed E-state index contributed by atoms with van der Waals surface area (Å²) in [5.41, 5.74) is 0.329. The summed E-state index contributed by atoms with van der Waals surface area (Å²) >= 11 is 0. The largest absolute Gasteiger partial charge is 0.495 e. The number of methoxy groups -OCH3 is 1. The molecule has 0 aliphatic rings. The average Bonchev–Trinajstić information content (AvgIpc) is 2.74. The first kappa shape index (κ1) is 9.98. The molecule has 0 spiro atoms. The fourth-order valence-corrected chi connectivity index (χ4v) is 1.43. The summed E-state index contributed by atoms with van der Waals surface area (Å²) in [6.45, 7) is 0. The van der Waals surface area contributed by atoms with Gasteiger partial charge in [0.2, 0.25) is 0 Å². The molecule has 2 rings (SSSR count). The van der Waals surface area contributed by atoms with Crippen molar-refractivity contribution < 1.29 is 4.74 Å². The highest BCUT2D eigenvalue weighted by atomic mass is 16.5. The second-order valence-electron chi connectivity index (χ2n) is 3.00. The second kappa shape index (κ2) is 3.90. The molecule has 0 bridgehead atoms. The molecule has 1 heterocycles. The quantitative estimate of drug-likeness (QED) is 0.789. The Bertz CT molecular complexity index is 606. The van der Waals surface area contributed by atoms with Gasteiger partial charge >= 0.3 is 5.69 Å². The molecule has 6 heteroatoms. The Kier molecular flexibility index (Phi) is 2.44. The molecule has 2 aromatic rings. The van der Waals surface area contributed by atoms with Crippen LogP contribution in [-0.4, -0.2) is 21.9 Å². The molecule has 0 aliphatic heterocycles. The van der Waals surface area contributed by atoms with Crippen LogP contribution < -0.4 is 10.4 Å². The average molecular weight is 216 g/mol. The van der Waals surface area contributed by atoms with E-state index >= 15 is 0 Å². The fourth-order valence-electron chi connectivity index (χ4n) is 1.43. The molecule has 0 atom stereocenters. The van der Waals surface area contributed by atoms with Crippen LogP contribution in [0.15, 0.2) is 29.3 Å². The van der Waals surface area contributed by atoms with Gasteiger partial charge < -0.3 is 4.74 Å². The lowest BCUT2D eigenvalue weighted by atomic mass is 10.2. The maximum atomic E-state index is 11.4. The molecule has 16 heavy (non-hydrogen) atoms. The predicted molar refractivity (Wildman–Crippen MR) is 55.5 cm³/mol. The number of nitrogens with zero attached hydrogens (tertiary/aromatic N) is 3. The summed E-state index contributed by atoms with van der Waals surface area (Å²) < 4.78 is 6.35. The van der Waals surface area contributed by atoms with Crippen LogP contribution in [0, 0.1) is 11.3 Å². The first-order valence-corrected chi connectivity index (χ1v) is 4.47. The van der Waals surface area contributed by atoms with Crippen molar-refractivity contribution in [2.24, 2.45) is 0 Å². The minimum Gasteiger partial charge on any atom is -0.495 e. The van der Waals surface area contributed by atoms with E-state index in [1.54, 1.807) is 18.2 Å². The smallest absolute Gasteiger partial charge is 0.347 e. The predicted octanol–water partition coefficient (Wildman–Crippen LogP) is 0.441. The van der Waals surface area contributed by atoms with Gasteiger partial charge in [0.15, 0.2) is 0 Å². The highest BCUT2D eigenvalue weighted by Crippen LogP contribution is 2.24. The summed E-state index contributed by atoms with van der Waals surface area (Å²) in [7, 11) is 1.48. The Morgan fingerprint density at radius 3 is 2.94 bits per heavy atom. The molecule has 1 N–H and O–H groups in total. The highest BCUT2D eigenvalue weighted by Gasteiger charge is 2.12. The summed E-state index contributed by atoms with van der Waals surface area (Å²) in [6.07, 6.45) is 1.31. The van der Waals surface area contributed by atoms with E-state index in [-0.39, 0.29) is 0 Å². The Labute approximate surface area is 90.7 Å². The zero-order valence-corrected chi connectivity index (χ0v) is 8.47. The topological polar surface area (TPSA) is 83.7 Å². The summed E-state index contributed by atoms with van der Waals surface area (Å²) in [4.78, 5) is 11.4. The number of rotatable bonds is 2. The van der Waals surface area contributed by atoms with Gasteiger partial charge in [-0.3, -0.25) is 0 Å². The van der Waals surface area contributed by atoms with Crippen LogP contribution in [0.3, 0.4) is 0 Å². The Balaban J connectivity index is 2.77. The monoisotopic (exact) mass is 216 g/mol. The van der Waals surface area contributed by atoms with Crippen molar-refractivity contribution in [1.82, 2.24) is 14.8 Å². The van der Waals surface area contributed by atoms with Crippen molar-refractivity contribution in [1.29, 1.82) is 5.26 Å². The number of nitriles is 1. The molecule has 0 amide bonds. The van der Waals surface area contributed by atoms with Crippen LogP contribution in [0.5, 0.6) is 5.75 Å². The Morgan fingerprint density at radius 1 is 1.56 bits per heavy atom. The molecule has 1 aromatic carbocycles. The number of nitrogens with one attached hydrogen (secondary N) is 1. The molecular weight excluding hydrogens is 208 g/mol. The van der Waals surface area contributed by atoms with Gasteiger partial charge in [-0.25, -0.2) is 14.5 Å². The van der Waals surface area contributed by atoms with Gasteiger partial charge in [-0.05, 0) is 12.1 Å². The van der Waals surface area contributed by atoms with E-state index in [4.69, 9.17) is 10.00 Å². The van der Waals surface area contributed by atoms with Crippen molar-refractivity contribution in [2.45, 2.75) is 0 Å². The third kappa shape index (κ3) is 1.44. The van der Waals surface area contributed by atoms with Gasteiger partial charge in [-0.15, -0.1) is 0 Å². The van der Waals surface area contributed by atoms with E-state index in [0.29, 0.717) is 17.0 Å². The summed E-state index contributed by atoms with van der Waals surface area (Å²) in [5.74, 6) is 0.447. The van der Waals surface area contributed by atoms with Crippen molar-refractivity contribution in [2.75, 3.05) is 7.11 Å². The van der Waals surface area contributed by atoms with Crippen molar-refractivity contribution in [3.8, 4) is 17.5 Å². The van der Waals surface area contributed by atoms with Crippen LogP contribution in [0.2, 0.25) is 0 Å². The summed E-state index contributed by atoms with van der Waals surface area (Å²) in [6, 6.07) is 6.98. The van der Waals surface area contributed by atoms with Gasteiger partial charge in [0.25, 0.3) is 0 Å². The number of ether oxygens (including phenoxy) is 1. The van der Waals surface area contributed by atoms with E-state index in [1.807, 2.05) is 6.07 Å². The SMILES string of the molecule is COc1cccc(C#N)c1-n1cn[nH]c1=O. The van der Waals surface area contributed by atoms with Gasteiger partial charge in [0, 0.05) is 0 Å². The standard InChI is InChI=1S/C10H8N4O2/c1-16-8-4-2-3-7(5-11)9(8)14-6-12-13-10(14)15/h2-4,6H,1H3,(H,13,15). The van der Waals surface area contributed by atoms with Gasteiger partial charge in [-0.2, -0.15) is 10.4 Å². The van der Waals surface area contributed by atoms with Gasteiger partial charge in [-0.1, -0.05) is 6.07 Å². The van der Waals surface area contributed by atoms with Crippen LogP contribution in [-0.2, 0) is 0 Å². The molecule has 0 saturated carbocycles. The molecule has 0 unspecified atom stereocenters. The Hall–Kier alpha value is -2.55. The van der Waals surface area contributed by atoms with E-state index in [9.17, 15) is 4.79 Å². The molecule has 6 nitrogen and oxygen atoms in total. The molecule has 1 aromatic heterocycles. The van der Waals surface area contributed by atoms with E-state index in [2.05, 4.69) is 10.2 Å². The van der Waals surface area contributed by atoms with Gasteiger partial charge in [0.1, 0.15) is 23.8 Å². The second-order valence-corrected chi connectivity index (χ2v) is 3.00. The lowest BCUT2D eigenvalue weighted by Gasteiger charge is -2.08. The first-order valence-electron chi connectivity index (χ1n) is 4.47. The number of aromatic amines is 1. The van der Waals surface area contributed by atoms with E-state index in [1.165, 1.54) is 18.0 Å². The number of para-hydroxylation sites is 1. The van der Waals surface area contributed by atoms with Crippen LogP contribution in [0.4, 0.5) is 0 Å². The number of aromatic nitrogens is 3. The molecule has 0 radical (unpaired) electrons. The minimum absolute atomic E-state index is 0.350. The normalized spacial score (nSPS) is 9.75. The summed E-state index contributed by atoms with van der Waals surface area (Å²) in [5, 5.41) is 14.8. The van der Waals surface area contributed by atoms with Gasteiger partial charge in [0.05, 0.1) is 12.7 Å². The zero-order valence-electron chi connectivity index (χ0n) is 8.47. The Morgan fingerprint density at radius 2 is 2.38 bits per heavy atom. The van der Waals surface area contributed by atoms with Crippen molar-refractivity contribution >= 4 is 0 Å². The molecule has 0 saturated heterocycles. The molecule has 0 aliphatic carbocycles.